The molecule has 1 rings (SSSR count). The molecule has 0 radical (unpaired) electrons. The zero-order valence-corrected chi connectivity index (χ0v) is 7.12. The van der Waals surface area contributed by atoms with Gasteiger partial charge in [0.25, 0.3) is 0 Å². The Hall–Kier alpha value is -0.350. The largest absolute Gasteiger partial charge is 0.106 e. The van der Waals surface area contributed by atoms with Crippen molar-refractivity contribution in [2.75, 3.05) is 0 Å². The van der Waals surface area contributed by atoms with Gasteiger partial charge in [-0.15, -0.1) is 9.24 Å². The Morgan fingerprint density at radius 1 is 1.00 bits per heavy atom. The fourth-order valence-electron chi connectivity index (χ4n) is 0.453. The first-order chi connectivity index (χ1) is 4.39. The summed E-state index contributed by atoms with van der Waals surface area (Å²) in [5.41, 5.74) is 0. The average Bonchev–Trinajstić information content (AvgIpc) is 1.94. The maximum atomic E-state index is 2.63. The summed E-state index contributed by atoms with van der Waals surface area (Å²) in [6.07, 6.45) is 0. The molecule has 0 fully saturated rings. The molecule has 0 bridgehead atoms. The van der Waals surface area contributed by atoms with E-state index in [1.165, 1.54) is 5.30 Å². The van der Waals surface area contributed by atoms with E-state index in [9.17, 15) is 0 Å². The van der Waals surface area contributed by atoms with Crippen molar-refractivity contribution in [3.8, 4) is 0 Å². The highest BCUT2D eigenvalue weighted by atomic mass is 31.0. The van der Waals surface area contributed by atoms with Crippen LogP contribution in [0.1, 0.15) is 13.8 Å². The Morgan fingerprint density at radius 3 is 1.67 bits per heavy atom. The van der Waals surface area contributed by atoms with E-state index in [1.54, 1.807) is 0 Å². The fourth-order valence-corrected chi connectivity index (χ4v) is 0.675. The second kappa shape index (κ2) is 5.78. The molecule has 0 nitrogen and oxygen atoms in total. The normalized spacial score (nSPS) is 7.44. The van der Waals surface area contributed by atoms with Gasteiger partial charge in [-0.05, 0) is 5.30 Å². The van der Waals surface area contributed by atoms with Crippen LogP contribution in [-0.2, 0) is 0 Å². The van der Waals surface area contributed by atoms with Crippen LogP contribution >= 0.6 is 9.24 Å². The summed E-state index contributed by atoms with van der Waals surface area (Å²) >= 11 is 0. The predicted molar refractivity (Wildman–Crippen MR) is 47.1 cm³/mol. The van der Waals surface area contributed by atoms with Gasteiger partial charge in [-0.3, -0.25) is 0 Å². The molecule has 0 saturated heterocycles. The van der Waals surface area contributed by atoms with Crippen molar-refractivity contribution in [2.45, 2.75) is 13.8 Å². The molecule has 0 aliphatic rings. The molecular weight excluding hydrogens is 127 g/mol. The standard InChI is InChI=1S/C6H7P.C2H6/c7-6-4-2-1-3-5-6;1-2/h1-5H,7H2;1-2H3. The minimum Gasteiger partial charge on any atom is -0.106 e. The highest BCUT2D eigenvalue weighted by molar-refractivity contribution is 7.27. The van der Waals surface area contributed by atoms with Gasteiger partial charge in [0.1, 0.15) is 0 Å². The van der Waals surface area contributed by atoms with Crippen molar-refractivity contribution in [1.82, 2.24) is 0 Å². The molecule has 9 heavy (non-hydrogen) atoms. The van der Waals surface area contributed by atoms with Gasteiger partial charge in [0, 0.05) is 0 Å². The van der Waals surface area contributed by atoms with E-state index in [0.717, 1.165) is 0 Å². The SMILES string of the molecule is CC.Pc1ccccc1. The van der Waals surface area contributed by atoms with Crippen molar-refractivity contribution in [3.05, 3.63) is 30.3 Å². The lowest BCUT2D eigenvalue weighted by molar-refractivity contribution is 1.50. The lowest BCUT2D eigenvalue weighted by atomic mass is 10.4. The Bertz CT molecular complexity index is 134. The quantitative estimate of drug-likeness (QED) is 0.485. The zero-order valence-electron chi connectivity index (χ0n) is 5.96. The van der Waals surface area contributed by atoms with Crippen LogP contribution in [0.25, 0.3) is 0 Å². The molecule has 0 saturated carbocycles. The molecule has 0 amide bonds. The molecule has 0 spiro atoms. The van der Waals surface area contributed by atoms with Crippen LogP contribution < -0.4 is 5.30 Å². The van der Waals surface area contributed by atoms with Crippen LogP contribution in [0.2, 0.25) is 0 Å². The molecule has 50 valence electrons. The van der Waals surface area contributed by atoms with Gasteiger partial charge in [-0.25, -0.2) is 0 Å². The summed E-state index contributed by atoms with van der Waals surface area (Å²) in [6.45, 7) is 4.00. The monoisotopic (exact) mass is 140 g/mol. The van der Waals surface area contributed by atoms with E-state index in [1.807, 2.05) is 44.2 Å². The van der Waals surface area contributed by atoms with Gasteiger partial charge in [-0.1, -0.05) is 44.2 Å². The predicted octanol–water partition coefficient (Wildman–Crippen LogP) is 2.21. The van der Waals surface area contributed by atoms with Crippen molar-refractivity contribution in [3.63, 3.8) is 0 Å². The number of hydrogen-bond donors (Lipinski definition) is 0. The third-order valence-electron chi connectivity index (χ3n) is 0.800. The molecule has 0 aliphatic carbocycles. The van der Waals surface area contributed by atoms with E-state index in [-0.39, 0.29) is 0 Å². The van der Waals surface area contributed by atoms with Crippen molar-refractivity contribution in [1.29, 1.82) is 0 Å². The Morgan fingerprint density at radius 2 is 1.44 bits per heavy atom. The van der Waals surface area contributed by atoms with E-state index < -0.39 is 0 Å². The average molecular weight is 140 g/mol. The minimum atomic E-state index is 1.24. The molecular formula is C8H13P. The topological polar surface area (TPSA) is 0 Å². The third kappa shape index (κ3) is 4.17. The summed E-state index contributed by atoms with van der Waals surface area (Å²) in [6, 6.07) is 10.1. The summed E-state index contributed by atoms with van der Waals surface area (Å²) in [5, 5.41) is 1.24. The van der Waals surface area contributed by atoms with Gasteiger partial charge < -0.3 is 0 Å². The number of benzene rings is 1. The number of rotatable bonds is 0. The second-order valence-corrected chi connectivity index (χ2v) is 2.08. The third-order valence-corrected chi connectivity index (χ3v) is 1.18. The molecule has 1 aromatic carbocycles. The summed E-state index contributed by atoms with van der Waals surface area (Å²) in [7, 11) is 2.63. The van der Waals surface area contributed by atoms with E-state index in [0.29, 0.717) is 0 Å². The molecule has 1 heteroatoms. The molecule has 0 aliphatic heterocycles. The molecule has 0 aromatic heterocycles. The van der Waals surface area contributed by atoms with E-state index in [2.05, 4.69) is 9.24 Å². The van der Waals surface area contributed by atoms with Gasteiger partial charge >= 0.3 is 0 Å². The summed E-state index contributed by atoms with van der Waals surface area (Å²) in [5.74, 6) is 0. The molecule has 1 unspecified atom stereocenters. The smallest absolute Gasteiger partial charge is 0.0303 e. The first kappa shape index (κ1) is 8.65. The summed E-state index contributed by atoms with van der Waals surface area (Å²) in [4.78, 5) is 0. The van der Waals surface area contributed by atoms with Crippen LogP contribution in [0.15, 0.2) is 30.3 Å². The Labute approximate surface area is 59.5 Å². The van der Waals surface area contributed by atoms with Crippen molar-refractivity contribution >= 4 is 14.5 Å². The van der Waals surface area contributed by atoms with Gasteiger partial charge in [0.05, 0.1) is 0 Å². The van der Waals surface area contributed by atoms with Gasteiger partial charge in [0.2, 0.25) is 0 Å². The highest BCUT2D eigenvalue weighted by Gasteiger charge is 1.72. The zero-order chi connectivity index (χ0) is 7.11. The summed E-state index contributed by atoms with van der Waals surface area (Å²) < 4.78 is 0. The van der Waals surface area contributed by atoms with Crippen LogP contribution in [0.4, 0.5) is 0 Å². The molecule has 1 atom stereocenters. The number of hydrogen-bond acceptors (Lipinski definition) is 0. The first-order valence-electron chi connectivity index (χ1n) is 3.20. The van der Waals surface area contributed by atoms with Crippen LogP contribution in [-0.4, -0.2) is 0 Å². The Balaban J connectivity index is 0.000000291. The fraction of sp³-hybridized carbons (Fsp3) is 0.250. The Kier molecular flexibility index (Phi) is 5.56. The van der Waals surface area contributed by atoms with Crippen molar-refractivity contribution < 1.29 is 0 Å². The minimum absolute atomic E-state index is 1.24. The molecule has 1 aromatic rings. The lowest BCUT2D eigenvalue weighted by Crippen LogP contribution is -1.82. The first-order valence-corrected chi connectivity index (χ1v) is 3.78. The van der Waals surface area contributed by atoms with Crippen LogP contribution in [0.3, 0.4) is 0 Å². The van der Waals surface area contributed by atoms with Gasteiger partial charge in [0.15, 0.2) is 0 Å². The van der Waals surface area contributed by atoms with Gasteiger partial charge in [-0.2, -0.15) is 0 Å². The maximum Gasteiger partial charge on any atom is -0.0303 e. The molecule has 0 heterocycles. The van der Waals surface area contributed by atoms with E-state index >= 15 is 0 Å². The maximum absolute atomic E-state index is 2.63. The second-order valence-electron chi connectivity index (χ2n) is 1.41. The van der Waals surface area contributed by atoms with Crippen LogP contribution in [0, 0.1) is 0 Å². The molecule has 0 N–H and O–H groups in total. The highest BCUT2D eigenvalue weighted by Crippen LogP contribution is 1.86. The lowest BCUT2D eigenvalue weighted by Gasteiger charge is -1.82. The van der Waals surface area contributed by atoms with Crippen molar-refractivity contribution in [2.24, 2.45) is 0 Å². The van der Waals surface area contributed by atoms with Crippen LogP contribution in [0.5, 0.6) is 0 Å². The van der Waals surface area contributed by atoms with E-state index in [4.69, 9.17) is 0 Å².